The highest BCUT2D eigenvalue weighted by molar-refractivity contribution is 5.88. The maximum atomic E-state index is 13.2. The van der Waals surface area contributed by atoms with Gasteiger partial charge in [0.25, 0.3) is 0 Å². The van der Waals surface area contributed by atoms with Gasteiger partial charge in [0.1, 0.15) is 23.4 Å². The number of nitrogens with zero attached hydrogens (tertiary/aromatic N) is 4. The molecule has 1 aliphatic rings. The molecule has 0 aliphatic carbocycles. The minimum atomic E-state index is -4.46. The average molecular weight is 432 g/mol. The predicted octanol–water partition coefficient (Wildman–Crippen LogP) is 3.98. The molecular weight excluding hydrogens is 409 g/mol. The molecule has 31 heavy (non-hydrogen) atoms. The van der Waals surface area contributed by atoms with E-state index in [0.29, 0.717) is 22.5 Å². The Morgan fingerprint density at radius 1 is 1.10 bits per heavy atom. The Balaban J connectivity index is 1.72. The summed E-state index contributed by atoms with van der Waals surface area (Å²) in [7, 11) is 0. The van der Waals surface area contributed by atoms with Gasteiger partial charge in [0, 0.05) is 26.2 Å². The normalized spacial score (nSPS) is 14.8. The number of ether oxygens (including phenoxy) is 1. The fourth-order valence-electron chi connectivity index (χ4n) is 3.37. The molecule has 2 aromatic heterocycles. The number of anilines is 3. The second-order valence-electron chi connectivity index (χ2n) is 7.50. The van der Waals surface area contributed by atoms with E-state index in [1.54, 1.807) is 13.8 Å². The molecule has 7 nitrogen and oxygen atoms in total. The number of hydrogen-bond acceptors (Lipinski definition) is 7. The summed E-state index contributed by atoms with van der Waals surface area (Å²) in [6.07, 6.45) is -3.37. The van der Waals surface area contributed by atoms with E-state index in [1.807, 2.05) is 12.1 Å². The van der Waals surface area contributed by atoms with E-state index < -0.39 is 11.7 Å². The van der Waals surface area contributed by atoms with Crippen LogP contribution in [0.2, 0.25) is 0 Å². The fourth-order valence-corrected chi connectivity index (χ4v) is 3.37. The molecule has 1 saturated heterocycles. The maximum absolute atomic E-state index is 13.2. The van der Waals surface area contributed by atoms with Crippen molar-refractivity contribution in [2.24, 2.45) is 0 Å². The first-order chi connectivity index (χ1) is 14.8. The van der Waals surface area contributed by atoms with Crippen molar-refractivity contribution in [1.82, 2.24) is 20.3 Å². The van der Waals surface area contributed by atoms with Crippen molar-refractivity contribution in [3.63, 3.8) is 0 Å². The van der Waals surface area contributed by atoms with Gasteiger partial charge in [0.15, 0.2) is 5.82 Å². The van der Waals surface area contributed by atoms with E-state index in [0.717, 1.165) is 44.1 Å². The lowest BCUT2D eigenvalue weighted by Gasteiger charge is -2.28. The van der Waals surface area contributed by atoms with Crippen LogP contribution in [0.5, 0.6) is 5.75 Å². The number of aromatic nitrogens is 3. The molecule has 2 N–H and O–H groups in total. The third-order valence-corrected chi connectivity index (χ3v) is 4.83. The Morgan fingerprint density at radius 3 is 2.58 bits per heavy atom. The number of halogens is 3. The van der Waals surface area contributed by atoms with Gasteiger partial charge in [0.05, 0.1) is 22.9 Å². The highest BCUT2D eigenvalue weighted by atomic mass is 19.4. The zero-order chi connectivity index (χ0) is 22.0. The molecule has 0 saturated carbocycles. The number of alkyl halides is 3. The van der Waals surface area contributed by atoms with Crippen LogP contribution >= 0.6 is 0 Å². The number of benzene rings is 1. The molecule has 0 atom stereocenters. The standard InChI is InChI=1S/C21H23F3N6O/c1-13(2)31-17-11-14(21(22,23)24)3-4-15(17)28-20-19-16(26-12-27-20)5-6-18(29-19)30-9-7-25-8-10-30/h3-6,11-13,25H,7-10H2,1-2H3,(H,26,27,28). The van der Waals surface area contributed by atoms with Crippen LogP contribution < -0.4 is 20.3 Å². The Hall–Kier alpha value is -3.14. The second-order valence-corrected chi connectivity index (χ2v) is 7.50. The molecule has 1 fully saturated rings. The molecule has 0 bridgehead atoms. The first kappa shape index (κ1) is 21.1. The van der Waals surface area contributed by atoms with E-state index in [4.69, 9.17) is 9.72 Å². The number of nitrogens with one attached hydrogen (secondary N) is 2. The molecule has 0 spiro atoms. The van der Waals surface area contributed by atoms with Crippen LogP contribution in [-0.4, -0.2) is 47.2 Å². The van der Waals surface area contributed by atoms with Crippen LogP contribution in [0.1, 0.15) is 19.4 Å². The highest BCUT2D eigenvalue weighted by Gasteiger charge is 2.31. The minimum absolute atomic E-state index is 0.0925. The van der Waals surface area contributed by atoms with Gasteiger partial charge in [-0.15, -0.1) is 0 Å². The summed E-state index contributed by atoms with van der Waals surface area (Å²) in [5.41, 5.74) is 0.764. The predicted molar refractivity (Wildman–Crippen MR) is 113 cm³/mol. The zero-order valence-corrected chi connectivity index (χ0v) is 17.2. The number of hydrogen-bond donors (Lipinski definition) is 2. The first-order valence-corrected chi connectivity index (χ1v) is 10.0. The lowest BCUT2D eigenvalue weighted by atomic mass is 10.1. The highest BCUT2D eigenvalue weighted by Crippen LogP contribution is 2.37. The molecule has 4 rings (SSSR count). The van der Waals surface area contributed by atoms with Crippen molar-refractivity contribution in [3.8, 4) is 5.75 Å². The van der Waals surface area contributed by atoms with Crippen molar-refractivity contribution in [3.05, 3.63) is 42.2 Å². The molecule has 0 amide bonds. The van der Waals surface area contributed by atoms with Crippen molar-refractivity contribution < 1.29 is 17.9 Å². The lowest BCUT2D eigenvalue weighted by molar-refractivity contribution is -0.137. The summed E-state index contributed by atoms with van der Waals surface area (Å²) in [5.74, 6) is 1.29. The van der Waals surface area contributed by atoms with E-state index in [1.165, 1.54) is 12.4 Å². The molecule has 10 heteroatoms. The monoisotopic (exact) mass is 432 g/mol. The lowest BCUT2D eigenvalue weighted by Crippen LogP contribution is -2.43. The molecule has 0 unspecified atom stereocenters. The van der Waals surface area contributed by atoms with Crippen molar-refractivity contribution in [1.29, 1.82) is 0 Å². The third kappa shape index (κ3) is 4.79. The van der Waals surface area contributed by atoms with Crippen LogP contribution in [0.3, 0.4) is 0 Å². The summed E-state index contributed by atoms with van der Waals surface area (Å²) in [6, 6.07) is 7.12. The van der Waals surface area contributed by atoms with E-state index in [-0.39, 0.29) is 11.9 Å². The van der Waals surface area contributed by atoms with Gasteiger partial charge in [-0.05, 0) is 44.2 Å². The number of rotatable bonds is 5. The molecule has 3 heterocycles. The Labute approximate surface area is 177 Å². The maximum Gasteiger partial charge on any atom is 0.416 e. The average Bonchev–Trinajstić information content (AvgIpc) is 2.74. The SMILES string of the molecule is CC(C)Oc1cc(C(F)(F)F)ccc1Nc1ncnc2ccc(N3CCNCC3)nc12. The smallest absolute Gasteiger partial charge is 0.416 e. The summed E-state index contributed by atoms with van der Waals surface area (Å²) in [4.78, 5) is 15.4. The summed E-state index contributed by atoms with van der Waals surface area (Å²) in [5, 5.41) is 6.39. The molecular formula is C21H23F3N6O. The Bertz CT molecular complexity index is 1070. The Morgan fingerprint density at radius 2 is 1.87 bits per heavy atom. The van der Waals surface area contributed by atoms with Gasteiger partial charge in [-0.3, -0.25) is 0 Å². The minimum Gasteiger partial charge on any atom is -0.489 e. The largest absolute Gasteiger partial charge is 0.489 e. The van der Waals surface area contributed by atoms with Crippen molar-refractivity contribution >= 4 is 28.4 Å². The van der Waals surface area contributed by atoms with E-state index >= 15 is 0 Å². The van der Waals surface area contributed by atoms with Gasteiger partial charge in [-0.1, -0.05) is 0 Å². The number of pyridine rings is 1. The van der Waals surface area contributed by atoms with Crippen molar-refractivity contribution in [2.45, 2.75) is 26.1 Å². The van der Waals surface area contributed by atoms with Gasteiger partial charge >= 0.3 is 6.18 Å². The quantitative estimate of drug-likeness (QED) is 0.632. The molecule has 164 valence electrons. The van der Waals surface area contributed by atoms with Crippen LogP contribution in [0.15, 0.2) is 36.7 Å². The summed E-state index contributed by atoms with van der Waals surface area (Å²) in [6.45, 7) is 6.92. The molecule has 1 aliphatic heterocycles. The van der Waals surface area contributed by atoms with Crippen molar-refractivity contribution in [2.75, 3.05) is 36.4 Å². The Kier molecular flexibility index (Phi) is 5.81. The summed E-state index contributed by atoms with van der Waals surface area (Å²) >= 11 is 0. The third-order valence-electron chi connectivity index (χ3n) is 4.83. The van der Waals surface area contributed by atoms with Gasteiger partial charge < -0.3 is 20.3 Å². The second kappa shape index (κ2) is 8.54. The van der Waals surface area contributed by atoms with Gasteiger partial charge in [-0.25, -0.2) is 15.0 Å². The fraction of sp³-hybridized carbons (Fsp3) is 0.381. The zero-order valence-electron chi connectivity index (χ0n) is 17.2. The van der Waals surface area contributed by atoms with Crippen LogP contribution in [0.25, 0.3) is 11.0 Å². The number of fused-ring (bicyclic) bond motifs is 1. The number of piperazine rings is 1. The van der Waals surface area contributed by atoms with Gasteiger partial charge in [0.2, 0.25) is 0 Å². The topological polar surface area (TPSA) is 75.2 Å². The summed E-state index contributed by atoms with van der Waals surface area (Å²) < 4.78 is 45.2. The van der Waals surface area contributed by atoms with Crippen LogP contribution in [0, 0.1) is 0 Å². The van der Waals surface area contributed by atoms with Crippen LogP contribution in [-0.2, 0) is 6.18 Å². The first-order valence-electron chi connectivity index (χ1n) is 10.0. The van der Waals surface area contributed by atoms with E-state index in [9.17, 15) is 13.2 Å². The van der Waals surface area contributed by atoms with E-state index in [2.05, 4.69) is 25.5 Å². The van der Waals surface area contributed by atoms with Crippen LogP contribution in [0.4, 0.5) is 30.5 Å². The molecule has 3 aromatic rings. The molecule has 0 radical (unpaired) electrons. The van der Waals surface area contributed by atoms with Gasteiger partial charge in [-0.2, -0.15) is 13.2 Å². The molecule has 1 aromatic carbocycles.